The highest BCUT2D eigenvalue weighted by Crippen LogP contribution is 2.19. The van der Waals surface area contributed by atoms with Crippen LogP contribution in [0.15, 0.2) is 18.5 Å². The van der Waals surface area contributed by atoms with Gasteiger partial charge < -0.3 is 10.2 Å². The third-order valence-corrected chi connectivity index (χ3v) is 5.11. The molecule has 1 aliphatic heterocycles. The fourth-order valence-corrected chi connectivity index (χ4v) is 3.18. The number of aromatic nitrogens is 6. The molecule has 10 nitrogen and oxygen atoms in total. The van der Waals surface area contributed by atoms with E-state index in [0.717, 1.165) is 31.9 Å². The lowest BCUT2D eigenvalue weighted by Gasteiger charge is -2.32. The van der Waals surface area contributed by atoms with Crippen molar-refractivity contribution in [3.8, 4) is 0 Å². The van der Waals surface area contributed by atoms with E-state index in [4.69, 9.17) is 0 Å². The number of carbonyl (C=O) groups is 1. The molecule has 3 rings (SSSR count). The lowest BCUT2D eigenvalue weighted by molar-refractivity contribution is -0.122. The number of carbonyl (C=O) groups excluding carboxylic acids is 1. The Hall–Kier alpha value is -2.62. The summed E-state index contributed by atoms with van der Waals surface area (Å²) in [7, 11) is 2.01. The standard InChI is InChI=1S/C18H29N9O/c1-14(2)25(3)12-16-22-23-24-27(16)13-17(28)21-10-15-6-4-9-26(11-15)18-19-7-5-8-20-18/h5,7-8,14-15H,4,6,9-13H2,1-3H3,(H,21,28)/t15-/m0/s1. The molecule has 0 unspecified atom stereocenters. The predicted molar refractivity (Wildman–Crippen MR) is 104 cm³/mol. The topological polar surface area (TPSA) is 105 Å². The predicted octanol–water partition coefficient (Wildman–Crippen LogP) is 0.336. The van der Waals surface area contributed by atoms with Gasteiger partial charge in [-0.25, -0.2) is 14.6 Å². The Morgan fingerprint density at radius 3 is 2.89 bits per heavy atom. The Labute approximate surface area is 165 Å². The van der Waals surface area contributed by atoms with E-state index < -0.39 is 0 Å². The van der Waals surface area contributed by atoms with E-state index in [2.05, 4.69) is 54.5 Å². The molecule has 1 N–H and O–H groups in total. The lowest BCUT2D eigenvalue weighted by atomic mass is 9.98. The van der Waals surface area contributed by atoms with Crippen LogP contribution in [0.5, 0.6) is 0 Å². The number of amides is 1. The number of anilines is 1. The molecule has 0 saturated carbocycles. The van der Waals surface area contributed by atoms with Crippen molar-refractivity contribution in [1.82, 2.24) is 40.4 Å². The Morgan fingerprint density at radius 2 is 2.14 bits per heavy atom. The highest BCUT2D eigenvalue weighted by molar-refractivity contribution is 5.75. The van der Waals surface area contributed by atoms with Crippen LogP contribution in [0, 0.1) is 5.92 Å². The smallest absolute Gasteiger partial charge is 0.241 e. The van der Waals surface area contributed by atoms with Crippen molar-refractivity contribution >= 4 is 11.9 Å². The van der Waals surface area contributed by atoms with E-state index >= 15 is 0 Å². The van der Waals surface area contributed by atoms with Crippen LogP contribution in [0.25, 0.3) is 0 Å². The molecule has 1 atom stereocenters. The number of rotatable bonds is 8. The third kappa shape index (κ3) is 5.44. The van der Waals surface area contributed by atoms with Crippen LogP contribution in [0.4, 0.5) is 5.95 Å². The first-order valence-electron chi connectivity index (χ1n) is 9.77. The SMILES string of the molecule is CC(C)N(C)Cc1nnnn1CC(=O)NC[C@@H]1CCCN(c2ncccn2)C1. The van der Waals surface area contributed by atoms with E-state index in [1.54, 1.807) is 17.1 Å². The molecular formula is C18H29N9O. The second-order valence-electron chi connectivity index (χ2n) is 7.57. The second-order valence-corrected chi connectivity index (χ2v) is 7.57. The molecule has 0 aromatic carbocycles. The van der Waals surface area contributed by atoms with Crippen molar-refractivity contribution < 1.29 is 4.79 Å². The molecule has 0 radical (unpaired) electrons. The summed E-state index contributed by atoms with van der Waals surface area (Å²) in [6.07, 6.45) is 5.67. The summed E-state index contributed by atoms with van der Waals surface area (Å²) in [6.45, 7) is 7.37. The van der Waals surface area contributed by atoms with Gasteiger partial charge in [0.25, 0.3) is 0 Å². The average Bonchev–Trinajstić information content (AvgIpc) is 3.13. The van der Waals surface area contributed by atoms with Crippen molar-refractivity contribution in [2.45, 2.75) is 45.8 Å². The van der Waals surface area contributed by atoms with Gasteiger partial charge in [0.2, 0.25) is 11.9 Å². The lowest BCUT2D eigenvalue weighted by Crippen LogP contribution is -2.42. The van der Waals surface area contributed by atoms with Crippen LogP contribution in [0.1, 0.15) is 32.5 Å². The van der Waals surface area contributed by atoms with Crippen molar-refractivity contribution in [3.63, 3.8) is 0 Å². The van der Waals surface area contributed by atoms with E-state index in [-0.39, 0.29) is 12.5 Å². The second kappa shape index (κ2) is 9.54. The summed E-state index contributed by atoms with van der Waals surface area (Å²) < 4.78 is 1.57. The molecule has 1 aliphatic rings. The van der Waals surface area contributed by atoms with Gasteiger partial charge in [-0.2, -0.15) is 0 Å². The molecule has 10 heteroatoms. The van der Waals surface area contributed by atoms with Crippen LogP contribution in [-0.2, 0) is 17.9 Å². The fourth-order valence-electron chi connectivity index (χ4n) is 3.18. The maximum Gasteiger partial charge on any atom is 0.241 e. The van der Waals surface area contributed by atoms with Gasteiger partial charge in [0, 0.05) is 38.1 Å². The molecule has 1 amide bonds. The van der Waals surface area contributed by atoms with Gasteiger partial charge in [0.05, 0.1) is 6.54 Å². The number of hydrogen-bond acceptors (Lipinski definition) is 8. The number of hydrogen-bond donors (Lipinski definition) is 1. The molecule has 152 valence electrons. The van der Waals surface area contributed by atoms with E-state index in [0.29, 0.717) is 30.9 Å². The molecule has 0 aliphatic carbocycles. The minimum Gasteiger partial charge on any atom is -0.354 e. The van der Waals surface area contributed by atoms with Gasteiger partial charge in [0.15, 0.2) is 5.82 Å². The molecule has 28 heavy (non-hydrogen) atoms. The maximum absolute atomic E-state index is 12.4. The number of tetrazole rings is 1. The Balaban J connectivity index is 1.48. The quantitative estimate of drug-likeness (QED) is 0.691. The van der Waals surface area contributed by atoms with Crippen LogP contribution < -0.4 is 10.2 Å². The Morgan fingerprint density at radius 1 is 1.36 bits per heavy atom. The largest absolute Gasteiger partial charge is 0.354 e. The first-order chi connectivity index (χ1) is 13.5. The van der Waals surface area contributed by atoms with E-state index in [1.165, 1.54) is 0 Å². The fraction of sp³-hybridized carbons (Fsp3) is 0.667. The minimum atomic E-state index is -0.0752. The van der Waals surface area contributed by atoms with Gasteiger partial charge in [0.1, 0.15) is 6.54 Å². The Bertz CT molecular complexity index is 749. The average molecular weight is 387 g/mol. The van der Waals surface area contributed by atoms with Gasteiger partial charge in [-0.15, -0.1) is 5.10 Å². The number of nitrogens with zero attached hydrogens (tertiary/aromatic N) is 8. The molecule has 3 heterocycles. The van der Waals surface area contributed by atoms with Crippen molar-refractivity contribution in [2.75, 3.05) is 31.6 Å². The van der Waals surface area contributed by atoms with Gasteiger partial charge >= 0.3 is 0 Å². The molecule has 2 aromatic rings. The van der Waals surface area contributed by atoms with Crippen molar-refractivity contribution in [2.24, 2.45) is 5.92 Å². The normalized spacial score (nSPS) is 17.3. The minimum absolute atomic E-state index is 0.0752. The van der Waals surface area contributed by atoms with Gasteiger partial charge in [-0.1, -0.05) is 0 Å². The molecule has 0 bridgehead atoms. The monoisotopic (exact) mass is 387 g/mol. The highest BCUT2D eigenvalue weighted by atomic mass is 16.2. The highest BCUT2D eigenvalue weighted by Gasteiger charge is 2.22. The summed E-state index contributed by atoms with van der Waals surface area (Å²) in [4.78, 5) is 25.4. The molecule has 0 spiro atoms. The van der Waals surface area contributed by atoms with Crippen LogP contribution >= 0.6 is 0 Å². The zero-order valence-corrected chi connectivity index (χ0v) is 16.8. The summed E-state index contributed by atoms with van der Waals surface area (Å²) in [6, 6.07) is 2.19. The van der Waals surface area contributed by atoms with Crippen LogP contribution in [-0.4, -0.2) is 73.7 Å². The van der Waals surface area contributed by atoms with Gasteiger partial charge in [-0.3, -0.25) is 9.69 Å². The van der Waals surface area contributed by atoms with E-state index in [1.807, 2.05) is 13.1 Å². The number of nitrogens with one attached hydrogen (secondary N) is 1. The molecule has 1 saturated heterocycles. The maximum atomic E-state index is 12.4. The van der Waals surface area contributed by atoms with Crippen molar-refractivity contribution in [1.29, 1.82) is 0 Å². The summed E-state index contributed by atoms with van der Waals surface area (Å²) >= 11 is 0. The zero-order valence-electron chi connectivity index (χ0n) is 16.8. The molecule has 1 fully saturated rings. The van der Waals surface area contributed by atoms with Crippen LogP contribution in [0.3, 0.4) is 0 Å². The summed E-state index contributed by atoms with van der Waals surface area (Å²) in [5.74, 6) is 1.75. The summed E-state index contributed by atoms with van der Waals surface area (Å²) in [5, 5.41) is 14.7. The Kier molecular flexibility index (Phi) is 6.85. The zero-order chi connectivity index (χ0) is 19.9. The molecular weight excluding hydrogens is 358 g/mol. The third-order valence-electron chi connectivity index (χ3n) is 5.11. The summed E-state index contributed by atoms with van der Waals surface area (Å²) in [5.41, 5.74) is 0. The van der Waals surface area contributed by atoms with Crippen molar-refractivity contribution in [3.05, 3.63) is 24.3 Å². The van der Waals surface area contributed by atoms with Crippen LogP contribution in [0.2, 0.25) is 0 Å². The molecule has 2 aromatic heterocycles. The first-order valence-corrected chi connectivity index (χ1v) is 9.77. The van der Waals surface area contributed by atoms with E-state index in [9.17, 15) is 4.79 Å². The number of piperidine rings is 1. The first kappa shape index (κ1) is 20.1. The van der Waals surface area contributed by atoms with Gasteiger partial charge in [-0.05, 0) is 56.1 Å².